The zero-order valence-electron chi connectivity index (χ0n) is 19.5. The van der Waals surface area contributed by atoms with E-state index in [0.29, 0.717) is 0 Å². The summed E-state index contributed by atoms with van der Waals surface area (Å²) in [5.74, 6) is 0. The summed E-state index contributed by atoms with van der Waals surface area (Å²) in [4.78, 5) is 4.59. The van der Waals surface area contributed by atoms with Crippen molar-refractivity contribution in [3.8, 4) is 16.8 Å². The Morgan fingerprint density at radius 3 is 2.51 bits per heavy atom. The van der Waals surface area contributed by atoms with E-state index >= 15 is 0 Å². The van der Waals surface area contributed by atoms with Crippen LogP contribution in [-0.2, 0) is 5.41 Å². The molecule has 5 aromatic carbocycles. The summed E-state index contributed by atoms with van der Waals surface area (Å²) in [7, 11) is 0. The highest BCUT2D eigenvalue weighted by Crippen LogP contribution is 2.50. The van der Waals surface area contributed by atoms with Gasteiger partial charge < -0.3 is 8.98 Å². The lowest BCUT2D eigenvalue weighted by atomic mass is 9.82. The molecule has 0 saturated heterocycles. The van der Waals surface area contributed by atoms with Gasteiger partial charge >= 0.3 is 0 Å². The molecule has 1 aliphatic rings. The number of oxazole rings is 1. The van der Waals surface area contributed by atoms with Crippen molar-refractivity contribution in [1.82, 2.24) is 9.55 Å². The molecule has 0 saturated carbocycles. The van der Waals surface area contributed by atoms with Crippen LogP contribution in [0.5, 0.6) is 0 Å². The predicted octanol–water partition coefficient (Wildman–Crippen LogP) is 8.38. The Morgan fingerprint density at radius 1 is 0.714 bits per heavy atom. The third kappa shape index (κ3) is 2.33. The molecule has 8 rings (SSSR count). The molecule has 166 valence electrons. The maximum Gasteiger partial charge on any atom is 0.182 e. The first-order valence-electron chi connectivity index (χ1n) is 12.1. The second kappa shape index (κ2) is 6.39. The number of benzene rings is 5. The first-order valence-corrected chi connectivity index (χ1v) is 12.1. The maximum atomic E-state index is 5.67. The first kappa shape index (κ1) is 19.0. The average Bonchev–Trinajstić information content (AvgIpc) is 3.56. The van der Waals surface area contributed by atoms with Gasteiger partial charge in [-0.15, -0.1) is 0 Å². The molecule has 0 N–H and O–H groups in total. The molecule has 35 heavy (non-hydrogen) atoms. The zero-order valence-corrected chi connectivity index (χ0v) is 19.5. The first-order chi connectivity index (χ1) is 17.1. The maximum absolute atomic E-state index is 5.67. The lowest BCUT2D eigenvalue weighted by Gasteiger charge is -2.22. The second-order valence-electron chi connectivity index (χ2n) is 10.1. The molecule has 3 heteroatoms. The number of aromatic nitrogens is 2. The van der Waals surface area contributed by atoms with Crippen LogP contribution in [0.25, 0.3) is 60.5 Å². The molecule has 2 heterocycles. The number of fused-ring (bicyclic) bond motifs is 9. The van der Waals surface area contributed by atoms with E-state index in [2.05, 4.69) is 102 Å². The molecule has 0 fully saturated rings. The average molecular weight is 451 g/mol. The van der Waals surface area contributed by atoms with Crippen molar-refractivity contribution in [2.75, 3.05) is 0 Å². The summed E-state index contributed by atoms with van der Waals surface area (Å²) >= 11 is 0. The Balaban J connectivity index is 1.57. The van der Waals surface area contributed by atoms with Gasteiger partial charge in [0, 0.05) is 21.6 Å². The van der Waals surface area contributed by atoms with Gasteiger partial charge in [-0.25, -0.2) is 4.98 Å². The quantitative estimate of drug-likeness (QED) is 0.251. The zero-order chi connectivity index (χ0) is 23.3. The van der Waals surface area contributed by atoms with E-state index in [-0.39, 0.29) is 5.41 Å². The van der Waals surface area contributed by atoms with Crippen LogP contribution < -0.4 is 0 Å². The molecule has 0 bridgehead atoms. The monoisotopic (exact) mass is 450 g/mol. The van der Waals surface area contributed by atoms with Crippen molar-refractivity contribution in [2.24, 2.45) is 0 Å². The van der Waals surface area contributed by atoms with Gasteiger partial charge in [-0.2, -0.15) is 0 Å². The van der Waals surface area contributed by atoms with E-state index < -0.39 is 0 Å². The van der Waals surface area contributed by atoms with Crippen LogP contribution in [0, 0.1) is 0 Å². The minimum Gasteiger partial charge on any atom is -0.443 e. The Labute approximate surface area is 202 Å². The van der Waals surface area contributed by atoms with E-state index in [1.165, 1.54) is 61.2 Å². The van der Waals surface area contributed by atoms with E-state index in [1.807, 2.05) is 12.1 Å². The highest BCUT2D eigenvalue weighted by molar-refractivity contribution is 6.19. The molecule has 0 radical (unpaired) electrons. The van der Waals surface area contributed by atoms with Crippen molar-refractivity contribution in [2.45, 2.75) is 19.3 Å². The summed E-state index contributed by atoms with van der Waals surface area (Å²) in [6.07, 6.45) is 1.53. The lowest BCUT2D eigenvalue weighted by molar-refractivity contribution is 0.602. The molecule has 0 amide bonds. The molecule has 0 aliphatic heterocycles. The van der Waals surface area contributed by atoms with Crippen LogP contribution in [0.15, 0.2) is 102 Å². The van der Waals surface area contributed by atoms with Gasteiger partial charge in [0.25, 0.3) is 0 Å². The summed E-state index contributed by atoms with van der Waals surface area (Å²) < 4.78 is 8.04. The van der Waals surface area contributed by atoms with Crippen molar-refractivity contribution < 1.29 is 4.42 Å². The summed E-state index contributed by atoms with van der Waals surface area (Å²) in [6.45, 7) is 4.69. The number of rotatable bonds is 1. The van der Waals surface area contributed by atoms with Crippen molar-refractivity contribution >= 4 is 43.7 Å². The summed E-state index contributed by atoms with van der Waals surface area (Å²) in [6, 6.07) is 33.0. The van der Waals surface area contributed by atoms with Crippen LogP contribution in [0.1, 0.15) is 25.0 Å². The number of nitrogens with zero attached hydrogens (tertiary/aromatic N) is 2. The van der Waals surface area contributed by atoms with Crippen LogP contribution in [0.2, 0.25) is 0 Å². The Bertz CT molecular complexity index is 1990. The normalized spacial score (nSPS) is 14.2. The summed E-state index contributed by atoms with van der Waals surface area (Å²) in [5, 5.41) is 5.01. The van der Waals surface area contributed by atoms with Crippen molar-refractivity contribution in [3.05, 3.63) is 109 Å². The fourth-order valence-corrected chi connectivity index (χ4v) is 6.28. The van der Waals surface area contributed by atoms with Crippen LogP contribution in [-0.4, -0.2) is 9.55 Å². The topological polar surface area (TPSA) is 31.0 Å². The predicted molar refractivity (Wildman–Crippen MR) is 143 cm³/mol. The molecular formula is C32H22N2O. The van der Waals surface area contributed by atoms with E-state index in [1.54, 1.807) is 0 Å². The minimum atomic E-state index is -0.0503. The van der Waals surface area contributed by atoms with Gasteiger partial charge in [0.2, 0.25) is 0 Å². The Hall–Kier alpha value is -4.37. The molecule has 0 atom stereocenters. The Kier molecular flexibility index (Phi) is 3.47. The van der Waals surface area contributed by atoms with Crippen LogP contribution >= 0.6 is 0 Å². The largest absolute Gasteiger partial charge is 0.443 e. The minimum absolute atomic E-state index is 0.0503. The molecule has 3 nitrogen and oxygen atoms in total. The van der Waals surface area contributed by atoms with Gasteiger partial charge in [-0.3, -0.25) is 0 Å². The van der Waals surface area contributed by atoms with Crippen LogP contribution in [0.3, 0.4) is 0 Å². The van der Waals surface area contributed by atoms with E-state index in [9.17, 15) is 0 Å². The molecular weight excluding hydrogens is 428 g/mol. The molecule has 1 aliphatic carbocycles. The third-order valence-corrected chi connectivity index (χ3v) is 7.93. The standard InChI is InChI=1S/C32H22N2O/c1-32(2)25-10-5-3-8-20(25)24-16-19-14-15-22-21-9-4-6-11-27(21)34(31(22)23(19)17-26(24)32)28-12-7-13-29-30(28)33-18-35-29/h3-18H,1-2H3. The van der Waals surface area contributed by atoms with Gasteiger partial charge in [-0.05, 0) is 58.0 Å². The van der Waals surface area contributed by atoms with E-state index in [4.69, 9.17) is 4.42 Å². The lowest BCUT2D eigenvalue weighted by Crippen LogP contribution is -2.14. The van der Waals surface area contributed by atoms with Gasteiger partial charge in [0.15, 0.2) is 12.0 Å². The number of hydrogen-bond donors (Lipinski definition) is 0. The highest BCUT2D eigenvalue weighted by atomic mass is 16.3. The third-order valence-electron chi connectivity index (χ3n) is 7.93. The molecule has 2 aromatic heterocycles. The van der Waals surface area contributed by atoms with Gasteiger partial charge in [0.1, 0.15) is 5.52 Å². The van der Waals surface area contributed by atoms with E-state index in [0.717, 1.165) is 16.8 Å². The van der Waals surface area contributed by atoms with Crippen molar-refractivity contribution in [3.63, 3.8) is 0 Å². The molecule has 0 unspecified atom stereocenters. The molecule has 7 aromatic rings. The summed E-state index contributed by atoms with van der Waals surface area (Å²) in [5.41, 5.74) is 10.5. The fourth-order valence-electron chi connectivity index (χ4n) is 6.28. The number of hydrogen-bond acceptors (Lipinski definition) is 2. The van der Waals surface area contributed by atoms with Crippen LogP contribution in [0.4, 0.5) is 0 Å². The smallest absolute Gasteiger partial charge is 0.182 e. The molecule has 0 spiro atoms. The highest BCUT2D eigenvalue weighted by Gasteiger charge is 2.35. The second-order valence-corrected chi connectivity index (χ2v) is 10.1. The SMILES string of the molecule is CC1(C)c2ccccc2-c2cc3ccc4c5ccccc5n(-c5cccc6ocnc56)c4c3cc21. The van der Waals surface area contributed by atoms with Gasteiger partial charge in [0.05, 0.1) is 16.7 Å². The fraction of sp³-hybridized carbons (Fsp3) is 0.0938. The van der Waals surface area contributed by atoms with Crippen molar-refractivity contribution in [1.29, 1.82) is 0 Å². The van der Waals surface area contributed by atoms with Gasteiger partial charge in [-0.1, -0.05) is 74.5 Å². The Morgan fingerprint density at radius 2 is 1.57 bits per heavy atom. The number of para-hydroxylation sites is 2.